The first-order chi connectivity index (χ1) is 11.7. The number of hydrogen-bond donors (Lipinski definition) is 0. The highest BCUT2D eigenvalue weighted by Crippen LogP contribution is 2.39. The van der Waals surface area contributed by atoms with E-state index in [1.807, 2.05) is 37.3 Å². The summed E-state index contributed by atoms with van der Waals surface area (Å²) < 4.78 is 10.5. The standard InChI is InChI=1S/C18H17N3O3/c1-3-24-14-8-5-11-19-16(14)18(10-6-12-20-18)15-9-4-7-13(21-15)17(22)23-2/h4-12H,3H2,1-2H3. The molecule has 1 atom stereocenters. The fourth-order valence-electron chi connectivity index (χ4n) is 2.61. The van der Waals surface area contributed by atoms with E-state index in [0.29, 0.717) is 23.7 Å². The second kappa shape index (κ2) is 6.62. The zero-order valence-electron chi connectivity index (χ0n) is 13.5. The average Bonchev–Trinajstić information content (AvgIpc) is 3.13. The van der Waals surface area contributed by atoms with E-state index in [4.69, 9.17) is 9.47 Å². The lowest BCUT2D eigenvalue weighted by molar-refractivity contribution is 0.0593. The first kappa shape index (κ1) is 15.9. The molecule has 0 bridgehead atoms. The predicted octanol–water partition coefficient (Wildman–Crippen LogP) is 2.55. The molecular weight excluding hydrogens is 306 g/mol. The SMILES string of the molecule is CCOc1cccnc1C1(c2cccc(C(=O)OC)n2)C=CC=N1. The molecule has 6 nitrogen and oxygen atoms in total. The molecule has 1 aliphatic rings. The lowest BCUT2D eigenvalue weighted by Crippen LogP contribution is -2.26. The Bertz CT molecular complexity index is 803. The Morgan fingerprint density at radius 2 is 2.12 bits per heavy atom. The maximum absolute atomic E-state index is 11.8. The molecule has 2 aromatic heterocycles. The molecule has 3 rings (SSSR count). The van der Waals surface area contributed by atoms with Crippen molar-refractivity contribution < 1.29 is 14.3 Å². The maximum Gasteiger partial charge on any atom is 0.356 e. The molecule has 0 spiro atoms. The lowest BCUT2D eigenvalue weighted by Gasteiger charge is -2.25. The van der Waals surface area contributed by atoms with Crippen LogP contribution in [0.5, 0.6) is 5.75 Å². The van der Waals surface area contributed by atoms with Gasteiger partial charge >= 0.3 is 5.97 Å². The van der Waals surface area contributed by atoms with Crippen molar-refractivity contribution in [3.8, 4) is 5.75 Å². The first-order valence-corrected chi connectivity index (χ1v) is 7.58. The van der Waals surface area contributed by atoms with Crippen molar-refractivity contribution in [1.29, 1.82) is 0 Å². The number of allylic oxidation sites excluding steroid dienone is 1. The Morgan fingerprint density at radius 3 is 2.83 bits per heavy atom. The van der Waals surface area contributed by atoms with Gasteiger partial charge < -0.3 is 9.47 Å². The van der Waals surface area contributed by atoms with Gasteiger partial charge in [0.25, 0.3) is 0 Å². The number of esters is 1. The molecule has 0 amide bonds. The summed E-state index contributed by atoms with van der Waals surface area (Å²) in [6.07, 6.45) is 7.10. The van der Waals surface area contributed by atoms with Crippen molar-refractivity contribution in [3.63, 3.8) is 0 Å². The second-order valence-corrected chi connectivity index (χ2v) is 5.09. The molecule has 0 radical (unpaired) electrons. The monoisotopic (exact) mass is 323 g/mol. The average molecular weight is 323 g/mol. The van der Waals surface area contributed by atoms with E-state index in [1.165, 1.54) is 7.11 Å². The van der Waals surface area contributed by atoms with Crippen molar-refractivity contribution in [3.05, 3.63) is 65.8 Å². The van der Waals surface area contributed by atoms with Crippen molar-refractivity contribution in [2.24, 2.45) is 4.99 Å². The molecule has 0 fully saturated rings. The molecule has 0 saturated heterocycles. The van der Waals surface area contributed by atoms with Gasteiger partial charge in [0.15, 0.2) is 5.54 Å². The van der Waals surface area contributed by atoms with Gasteiger partial charge in [-0.2, -0.15) is 0 Å². The van der Waals surface area contributed by atoms with Crippen molar-refractivity contribution in [1.82, 2.24) is 9.97 Å². The van der Waals surface area contributed by atoms with Crippen LogP contribution >= 0.6 is 0 Å². The number of rotatable bonds is 5. The van der Waals surface area contributed by atoms with Gasteiger partial charge in [0, 0.05) is 12.4 Å². The van der Waals surface area contributed by atoms with Crippen molar-refractivity contribution in [2.75, 3.05) is 13.7 Å². The summed E-state index contributed by atoms with van der Waals surface area (Å²) in [5.74, 6) is 0.137. The van der Waals surface area contributed by atoms with E-state index >= 15 is 0 Å². The number of carbonyl (C=O) groups is 1. The number of pyridine rings is 2. The Labute approximate surface area is 139 Å². The minimum atomic E-state index is -0.921. The smallest absolute Gasteiger partial charge is 0.356 e. The Morgan fingerprint density at radius 1 is 1.25 bits per heavy atom. The molecular formula is C18H17N3O3. The molecule has 3 heterocycles. The Balaban J connectivity index is 2.16. The summed E-state index contributed by atoms with van der Waals surface area (Å²) in [7, 11) is 1.33. The number of aliphatic imine (C=N–C) groups is 1. The van der Waals surface area contributed by atoms with Gasteiger partial charge in [-0.1, -0.05) is 6.07 Å². The van der Waals surface area contributed by atoms with E-state index in [2.05, 4.69) is 15.0 Å². The van der Waals surface area contributed by atoms with Gasteiger partial charge in [-0.05, 0) is 43.3 Å². The number of methoxy groups -OCH3 is 1. The third kappa shape index (κ3) is 2.67. The maximum atomic E-state index is 11.8. The fraction of sp³-hybridized carbons (Fsp3) is 0.222. The molecule has 1 aliphatic heterocycles. The zero-order chi connectivity index (χ0) is 17.0. The second-order valence-electron chi connectivity index (χ2n) is 5.09. The fourth-order valence-corrected chi connectivity index (χ4v) is 2.61. The molecule has 24 heavy (non-hydrogen) atoms. The number of carbonyl (C=O) groups excluding carboxylic acids is 1. The molecule has 0 N–H and O–H groups in total. The van der Waals surface area contributed by atoms with Crippen LogP contribution < -0.4 is 4.74 Å². The van der Waals surface area contributed by atoms with Gasteiger partial charge in [-0.15, -0.1) is 0 Å². The van der Waals surface area contributed by atoms with E-state index in [1.54, 1.807) is 24.5 Å². The largest absolute Gasteiger partial charge is 0.492 e. The Hall–Kier alpha value is -3.02. The van der Waals surface area contributed by atoms with Gasteiger partial charge in [-0.3, -0.25) is 9.98 Å². The first-order valence-electron chi connectivity index (χ1n) is 7.58. The summed E-state index contributed by atoms with van der Waals surface area (Å²) in [6.45, 7) is 2.42. The molecule has 122 valence electrons. The van der Waals surface area contributed by atoms with E-state index < -0.39 is 11.5 Å². The summed E-state index contributed by atoms with van der Waals surface area (Å²) in [5.41, 5.74) is 0.510. The van der Waals surface area contributed by atoms with E-state index in [9.17, 15) is 4.79 Å². The van der Waals surface area contributed by atoms with Crippen LogP contribution in [0.15, 0.2) is 53.7 Å². The third-order valence-electron chi connectivity index (χ3n) is 3.67. The normalized spacial score (nSPS) is 18.6. The zero-order valence-corrected chi connectivity index (χ0v) is 13.5. The highest BCUT2D eigenvalue weighted by molar-refractivity contribution is 5.87. The Kier molecular flexibility index (Phi) is 4.37. The highest BCUT2D eigenvalue weighted by atomic mass is 16.5. The minimum absolute atomic E-state index is 0.221. The quantitative estimate of drug-likeness (QED) is 0.791. The van der Waals surface area contributed by atoms with E-state index in [-0.39, 0.29) is 5.69 Å². The topological polar surface area (TPSA) is 73.7 Å². The van der Waals surface area contributed by atoms with Crippen LogP contribution in [-0.4, -0.2) is 35.9 Å². The molecule has 0 saturated carbocycles. The number of ether oxygens (including phenoxy) is 2. The van der Waals surface area contributed by atoms with Gasteiger partial charge in [0.1, 0.15) is 17.1 Å². The number of nitrogens with zero attached hydrogens (tertiary/aromatic N) is 3. The van der Waals surface area contributed by atoms with Gasteiger partial charge in [0.05, 0.1) is 19.4 Å². The molecule has 1 unspecified atom stereocenters. The number of aromatic nitrogens is 2. The van der Waals surface area contributed by atoms with Crippen molar-refractivity contribution >= 4 is 12.2 Å². The lowest BCUT2D eigenvalue weighted by atomic mass is 9.90. The summed E-state index contributed by atoms with van der Waals surface area (Å²) in [6, 6.07) is 8.82. The van der Waals surface area contributed by atoms with Crippen LogP contribution in [0.3, 0.4) is 0 Å². The van der Waals surface area contributed by atoms with Crippen LogP contribution in [0.1, 0.15) is 28.8 Å². The molecule has 0 aromatic carbocycles. The van der Waals surface area contributed by atoms with Gasteiger partial charge in [-0.25, -0.2) is 9.78 Å². The van der Waals surface area contributed by atoms with Crippen LogP contribution in [0, 0.1) is 0 Å². The minimum Gasteiger partial charge on any atom is -0.492 e. The van der Waals surface area contributed by atoms with Crippen LogP contribution in [-0.2, 0) is 10.3 Å². The number of hydrogen-bond acceptors (Lipinski definition) is 6. The summed E-state index contributed by atoms with van der Waals surface area (Å²) in [4.78, 5) is 25.3. The third-order valence-corrected chi connectivity index (χ3v) is 3.67. The highest BCUT2D eigenvalue weighted by Gasteiger charge is 2.38. The molecule has 0 aliphatic carbocycles. The van der Waals surface area contributed by atoms with Crippen molar-refractivity contribution in [2.45, 2.75) is 12.5 Å². The predicted molar refractivity (Wildman–Crippen MR) is 89.4 cm³/mol. The summed E-state index contributed by atoms with van der Waals surface area (Å²) >= 11 is 0. The van der Waals surface area contributed by atoms with Crippen LogP contribution in [0.4, 0.5) is 0 Å². The van der Waals surface area contributed by atoms with Crippen LogP contribution in [0.2, 0.25) is 0 Å². The van der Waals surface area contributed by atoms with Crippen LogP contribution in [0.25, 0.3) is 0 Å². The molecule has 2 aromatic rings. The van der Waals surface area contributed by atoms with E-state index in [0.717, 1.165) is 0 Å². The summed E-state index contributed by atoms with van der Waals surface area (Å²) in [5, 5.41) is 0. The molecule has 6 heteroatoms. The van der Waals surface area contributed by atoms with Gasteiger partial charge in [0.2, 0.25) is 0 Å².